The number of benzene rings is 2. The first-order valence-corrected chi connectivity index (χ1v) is 11.1. The van der Waals surface area contributed by atoms with Crippen molar-refractivity contribution in [1.29, 1.82) is 0 Å². The maximum absolute atomic E-state index is 13.3. The second-order valence-corrected chi connectivity index (χ2v) is 8.38. The smallest absolute Gasteiger partial charge is 0.253 e. The summed E-state index contributed by atoms with van der Waals surface area (Å²) in [5, 5.41) is 0. The highest BCUT2D eigenvalue weighted by Gasteiger charge is 2.37. The van der Waals surface area contributed by atoms with Crippen molar-refractivity contribution in [2.24, 2.45) is 5.92 Å². The molecule has 0 saturated carbocycles. The molecular weight excluding hydrogens is 395 g/mol. The number of morpholine rings is 1. The summed E-state index contributed by atoms with van der Waals surface area (Å²) in [4.78, 5) is 30.1. The van der Waals surface area contributed by atoms with Crippen LogP contribution in [0.1, 0.15) is 40.7 Å². The summed E-state index contributed by atoms with van der Waals surface area (Å²) in [6.45, 7) is 5.35. The lowest BCUT2D eigenvalue weighted by Crippen LogP contribution is -2.51. The van der Waals surface area contributed by atoms with Crippen molar-refractivity contribution in [3.63, 3.8) is 0 Å². The quantitative estimate of drug-likeness (QED) is 0.755. The summed E-state index contributed by atoms with van der Waals surface area (Å²) in [7, 11) is 0. The molecule has 2 amide bonds. The predicted octanol–water partition coefficient (Wildman–Crippen LogP) is 3.49. The Morgan fingerprint density at radius 1 is 0.968 bits per heavy atom. The van der Waals surface area contributed by atoms with Crippen LogP contribution < -0.4 is 0 Å². The monoisotopic (exact) mass is 424 g/mol. The van der Waals surface area contributed by atoms with Gasteiger partial charge in [-0.3, -0.25) is 9.59 Å². The molecule has 31 heavy (non-hydrogen) atoms. The number of carbonyl (C=O) groups is 2. The minimum Gasteiger partial charge on any atom is -0.378 e. The zero-order chi connectivity index (χ0) is 21.8. The second-order valence-electron chi connectivity index (χ2n) is 8.38. The number of aryl methyl sites for hydroxylation is 1. The van der Waals surface area contributed by atoms with Crippen molar-refractivity contribution in [3.8, 4) is 0 Å². The minimum absolute atomic E-state index is 0.0824. The van der Waals surface area contributed by atoms with E-state index < -0.39 is 0 Å². The van der Waals surface area contributed by atoms with E-state index in [4.69, 9.17) is 4.74 Å². The number of piperidine rings is 1. The minimum atomic E-state index is -0.371. The summed E-state index contributed by atoms with van der Waals surface area (Å²) in [6, 6.07) is 14.1. The van der Waals surface area contributed by atoms with Crippen LogP contribution in [0.3, 0.4) is 0 Å². The number of hydrogen-bond acceptors (Lipinski definition) is 3. The van der Waals surface area contributed by atoms with Crippen LogP contribution in [0.4, 0.5) is 4.39 Å². The Morgan fingerprint density at radius 3 is 2.29 bits per heavy atom. The number of likely N-dealkylation sites (tertiary alicyclic amines) is 1. The number of amides is 2. The fraction of sp³-hybridized carbons (Fsp3) is 0.440. The van der Waals surface area contributed by atoms with Crippen molar-refractivity contribution in [2.75, 3.05) is 39.4 Å². The number of nitrogens with zero attached hydrogens (tertiary/aromatic N) is 2. The Morgan fingerprint density at radius 2 is 1.65 bits per heavy atom. The van der Waals surface area contributed by atoms with Crippen molar-refractivity contribution in [3.05, 3.63) is 71.0 Å². The lowest BCUT2D eigenvalue weighted by molar-refractivity contribution is -0.141. The molecule has 0 aromatic heterocycles. The van der Waals surface area contributed by atoms with Gasteiger partial charge in [-0.15, -0.1) is 0 Å². The van der Waals surface area contributed by atoms with E-state index in [1.165, 1.54) is 29.8 Å². The van der Waals surface area contributed by atoms with E-state index in [-0.39, 0.29) is 29.5 Å². The Kier molecular flexibility index (Phi) is 6.66. The van der Waals surface area contributed by atoms with Gasteiger partial charge in [-0.05, 0) is 48.2 Å². The topological polar surface area (TPSA) is 49.9 Å². The number of hydrogen-bond donors (Lipinski definition) is 0. The van der Waals surface area contributed by atoms with Crippen molar-refractivity contribution < 1.29 is 18.7 Å². The first-order chi connectivity index (χ1) is 15.0. The maximum Gasteiger partial charge on any atom is 0.253 e. The van der Waals surface area contributed by atoms with Crippen LogP contribution in [0, 0.1) is 11.7 Å². The highest BCUT2D eigenvalue weighted by Crippen LogP contribution is 2.32. The third kappa shape index (κ3) is 4.96. The summed E-state index contributed by atoms with van der Waals surface area (Å²) >= 11 is 0. The highest BCUT2D eigenvalue weighted by atomic mass is 19.1. The Bertz CT molecular complexity index is 907. The Balaban J connectivity index is 1.58. The molecule has 0 bridgehead atoms. The fourth-order valence-corrected chi connectivity index (χ4v) is 4.53. The molecule has 164 valence electrons. The molecule has 2 saturated heterocycles. The maximum atomic E-state index is 13.3. The van der Waals surface area contributed by atoms with Gasteiger partial charge >= 0.3 is 0 Å². The van der Waals surface area contributed by atoms with Crippen molar-refractivity contribution in [2.45, 2.75) is 25.7 Å². The zero-order valence-electron chi connectivity index (χ0n) is 17.9. The third-order valence-corrected chi connectivity index (χ3v) is 6.36. The zero-order valence-corrected chi connectivity index (χ0v) is 17.9. The van der Waals surface area contributed by atoms with Gasteiger partial charge in [-0.25, -0.2) is 4.39 Å². The van der Waals surface area contributed by atoms with Crippen LogP contribution in [0.15, 0.2) is 48.5 Å². The molecule has 2 aliphatic heterocycles. The normalized spacial score (nSPS) is 21.7. The first kappa shape index (κ1) is 21.5. The molecule has 6 heteroatoms. The van der Waals surface area contributed by atoms with Gasteiger partial charge < -0.3 is 14.5 Å². The van der Waals surface area contributed by atoms with Gasteiger partial charge in [0.05, 0.1) is 19.1 Å². The lowest BCUT2D eigenvalue weighted by Gasteiger charge is -2.40. The van der Waals surface area contributed by atoms with E-state index in [0.717, 1.165) is 18.4 Å². The van der Waals surface area contributed by atoms with Crippen LogP contribution in [-0.4, -0.2) is 61.0 Å². The molecule has 4 rings (SSSR count). The molecule has 2 atom stereocenters. The molecule has 0 spiro atoms. The lowest BCUT2D eigenvalue weighted by atomic mass is 9.83. The van der Waals surface area contributed by atoms with Gasteiger partial charge in [0.2, 0.25) is 5.91 Å². The highest BCUT2D eigenvalue weighted by molar-refractivity contribution is 5.94. The van der Waals surface area contributed by atoms with E-state index in [1.807, 2.05) is 4.90 Å². The van der Waals surface area contributed by atoms with E-state index in [2.05, 4.69) is 31.2 Å². The molecule has 2 unspecified atom stereocenters. The van der Waals surface area contributed by atoms with Gasteiger partial charge in [0.15, 0.2) is 0 Å². The van der Waals surface area contributed by atoms with Crippen LogP contribution in [-0.2, 0) is 16.0 Å². The molecule has 2 heterocycles. The van der Waals surface area contributed by atoms with Crippen molar-refractivity contribution in [1.82, 2.24) is 9.80 Å². The van der Waals surface area contributed by atoms with E-state index in [0.29, 0.717) is 45.0 Å². The summed E-state index contributed by atoms with van der Waals surface area (Å²) in [5.41, 5.74) is 2.86. The molecule has 2 aliphatic rings. The van der Waals surface area contributed by atoms with E-state index >= 15 is 0 Å². The molecule has 0 aliphatic carbocycles. The molecule has 0 N–H and O–H groups in total. The van der Waals surface area contributed by atoms with Gasteiger partial charge in [0.1, 0.15) is 5.82 Å². The van der Waals surface area contributed by atoms with Crippen LogP contribution in [0.5, 0.6) is 0 Å². The molecule has 2 aromatic carbocycles. The van der Waals surface area contributed by atoms with Crippen LogP contribution in [0.2, 0.25) is 0 Å². The molecular formula is C25H29FN2O3. The number of halogens is 1. The van der Waals surface area contributed by atoms with Crippen molar-refractivity contribution >= 4 is 11.8 Å². The predicted molar refractivity (Wildman–Crippen MR) is 116 cm³/mol. The van der Waals surface area contributed by atoms with E-state index in [1.54, 1.807) is 4.90 Å². The molecule has 2 aromatic rings. The number of carbonyl (C=O) groups excluding carboxylic acids is 2. The molecule has 0 radical (unpaired) electrons. The SMILES string of the molecule is CCc1ccc(C2CC(C(=O)N3CCOCC3)CN(C(=O)c3ccc(F)cc3)C2)cc1. The first-order valence-electron chi connectivity index (χ1n) is 11.1. The number of rotatable bonds is 4. The van der Waals surface area contributed by atoms with Gasteiger partial charge in [0.25, 0.3) is 5.91 Å². The molecule has 5 nitrogen and oxygen atoms in total. The average molecular weight is 425 g/mol. The average Bonchev–Trinajstić information content (AvgIpc) is 2.84. The van der Waals surface area contributed by atoms with Gasteiger partial charge in [0, 0.05) is 37.7 Å². The van der Waals surface area contributed by atoms with Crippen LogP contribution in [0.25, 0.3) is 0 Å². The van der Waals surface area contributed by atoms with Gasteiger partial charge in [-0.2, -0.15) is 0 Å². The Labute approximate surface area is 182 Å². The Hall–Kier alpha value is -2.73. The largest absolute Gasteiger partial charge is 0.378 e. The summed E-state index contributed by atoms with van der Waals surface area (Å²) in [5.74, 6) is -0.611. The summed E-state index contributed by atoms with van der Waals surface area (Å²) < 4.78 is 18.7. The number of ether oxygens (including phenoxy) is 1. The third-order valence-electron chi connectivity index (χ3n) is 6.36. The summed E-state index contributed by atoms with van der Waals surface area (Å²) in [6.07, 6.45) is 1.69. The van der Waals surface area contributed by atoms with Crippen LogP contribution >= 0.6 is 0 Å². The van der Waals surface area contributed by atoms with Gasteiger partial charge in [-0.1, -0.05) is 31.2 Å². The fourth-order valence-electron chi connectivity index (χ4n) is 4.53. The van der Waals surface area contributed by atoms with E-state index in [9.17, 15) is 14.0 Å². The standard InChI is InChI=1S/C25H29FN2O3/c1-2-18-3-5-19(6-4-18)21-15-22(25(30)27-11-13-31-14-12-27)17-28(16-21)24(29)20-7-9-23(26)10-8-20/h3-10,21-22H,2,11-17H2,1H3. The second kappa shape index (κ2) is 9.60. The molecule has 2 fully saturated rings.